The molecule has 168 valence electrons. The van der Waals surface area contributed by atoms with Crippen molar-refractivity contribution in [1.29, 1.82) is 0 Å². The number of amides is 1. The van der Waals surface area contributed by atoms with Gasteiger partial charge in [-0.3, -0.25) is 9.63 Å². The van der Waals surface area contributed by atoms with Gasteiger partial charge in [0.2, 0.25) is 11.7 Å². The highest BCUT2D eigenvalue weighted by Crippen LogP contribution is 2.46. The molecule has 2 aliphatic rings. The summed E-state index contributed by atoms with van der Waals surface area (Å²) in [6.45, 7) is 7.18. The zero-order valence-corrected chi connectivity index (χ0v) is 19.0. The van der Waals surface area contributed by atoms with E-state index < -0.39 is 21.3 Å². The Labute approximate surface area is 181 Å². The Hall–Kier alpha value is -2.33. The fourth-order valence-electron chi connectivity index (χ4n) is 3.70. The molecule has 0 spiro atoms. The van der Waals surface area contributed by atoms with Crippen LogP contribution >= 0.6 is 0 Å². The number of sulfone groups is 1. The number of carbonyl (C=O) groups is 1. The van der Waals surface area contributed by atoms with E-state index in [1.807, 2.05) is 13.8 Å². The van der Waals surface area contributed by atoms with Crippen LogP contribution in [-0.2, 0) is 20.3 Å². The third kappa shape index (κ3) is 4.64. The topological polar surface area (TPSA) is 124 Å². The smallest absolute Gasteiger partial charge is 0.293 e. The number of hydrogen-bond acceptors (Lipinski definition) is 8. The molecule has 2 fully saturated rings. The number of hydroxylamine groups is 1. The molecule has 10 heteroatoms. The maximum Gasteiger partial charge on any atom is 0.293 e. The van der Waals surface area contributed by atoms with Crippen molar-refractivity contribution >= 4 is 15.7 Å². The summed E-state index contributed by atoms with van der Waals surface area (Å²) < 4.78 is 30.9. The molecular weight excluding hydrogens is 420 g/mol. The fourth-order valence-corrected chi connectivity index (χ4v) is 5.57. The predicted octanol–water partition coefficient (Wildman–Crippen LogP) is 3.07. The molecule has 1 amide bonds. The first kappa shape index (κ1) is 21.9. The van der Waals surface area contributed by atoms with Crippen LogP contribution in [-0.4, -0.2) is 35.2 Å². The molecular formula is C21H28N4O5S. The van der Waals surface area contributed by atoms with Gasteiger partial charge in [-0.15, -0.1) is 0 Å². The van der Waals surface area contributed by atoms with Gasteiger partial charge in [-0.2, -0.15) is 4.98 Å². The number of pyridine rings is 1. The van der Waals surface area contributed by atoms with E-state index in [1.54, 1.807) is 26.0 Å². The van der Waals surface area contributed by atoms with Gasteiger partial charge >= 0.3 is 0 Å². The third-order valence-electron chi connectivity index (χ3n) is 5.67. The van der Waals surface area contributed by atoms with Gasteiger partial charge in [0.05, 0.1) is 5.75 Å². The number of aromatic nitrogens is 3. The molecule has 2 aliphatic carbocycles. The zero-order valence-electron chi connectivity index (χ0n) is 18.2. The van der Waals surface area contributed by atoms with Gasteiger partial charge in [-0.05, 0) is 62.0 Å². The summed E-state index contributed by atoms with van der Waals surface area (Å²) >= 11 is 0. The second kappa shape index (κ2) is 7.98. The number of carbonyl (C=O) groups excluding carboxylic acids is 1. The molecule has 1 unspecified atom stereocenters. The van der Waals surface area contributed by atoms with Gasteiger partial charge in [0.1, 0.15) is 5.69 Å². The van der Waals surface area contributed by atoms with Crippen LogP contribution in [0.3, 0.4) is 0 Å². The zero-order chi connectivity index (χ0) is 22.4. The first-order valence-electron chi connectivity index (χ1n) is 10.6. The van der Waals surface area contributed by atoms with Gasteiger partial charge < -0.3 is 4.52 Å². The maximum absolute atomic E-state index is 12.9. The lowest BCUT2D eigenvalue weighted by Gasteiger charge is -2.25. The highest BCUT2D eigenvalue weighted by Gasteiger charge is 2.48. The molecule has 2 heterocycles. The molecule has 4 rings (SSSR count). The van der Waals surface area contributed by atoms with Crippen LogP contribution in [0.4, 0.5) is 0 Å². The average Bonchev–Trinajstić information content (AvgIpc) is 3.62. The predicted molar refractivity (Wildman–Crippen MR) is 111 cm³/mol. The van der Waals surface area contributed by atoms with Crippen LogP contribution in [0.15, 0.2) is 21.7 Å². The van der Waals surface area contributed by atoms with Crippen molar-refractivity contribution in [3.63, 3.8) is 0 Å². The van der Waals surface area contributed by atoms with E-state index in [4.69, 9.17) is 9.36 Å². The number of hydrogen-bond donors (Lipinski definition) is 1. The molecule has 9 nitrogen and oxygen atoms in total. The summed E-state index contributed by atoms with van der Waals surface area (Å²) in [5, 5.41) is 3.96. The van der Waals surface area contributed by atoms with Gasteiger partial charge in [-0.1, -0.05) is 25.1 Å². The molecule has 0 radical (unpaired) electrons. The van der Waals surface area contributed by atoms with E-state index in [-0.39, 0.29) is 34.2 Å². The van der Waals surface area contributed by atoms with Crippen LogP contribution in [0.1, 0.15) is 80.1 Å². The Balaban J connectivity index is 1.56. The second-order valence-electron chi connectivity index (χ2n) is 9.09. The minimum Gasteiger partial charge on any atom is -0.340 e. The van der Waals surface area contributed by atoms with Crippen molar-refractivity contribution in [3.8, 4) is 0 Å². The standard InChI is InChI=1S/C21H28N4O5S/c1-12(2)11-31(27,28)19-16(14-5-6-14)9-10-17(23-19)18(26)24-30-21(4,15-7-8-15)20-22-13(3)29-25-20/h9-10,12,14-15H,5-8,11H2,1-4H3,(H,24,26). The highest BCUT2D eigenvalue weighted by molar-refractivity contribution is 7.91. The molecule has 0 aromatic carbocycles. The number of aryl methyl sites for hydroxylation is 1. The Morgan fingerprint density at radius 1 is 1.26 bits per heavy atom. The van der Waals surface area contributed by atoms with Gasteiger partial charge in [-0.25, -0.2) is 18.9 Å². The maximum atomic E-state index is 12.9. The fraction of sp³-hybridized carbons (Fsp3) is 0.619. The van der Waals surface area contributed by atoms with E-state index >= 15 is 0 Å². The molecule has 1 N–H and O–H groups in total. The summed E-state index contributed by atoms with van der Waals surface area (Å²) in [6.07, 6.45) is 3.71. The summed E-state index contributed by atoms with van der Waals surface area (Å²) in [4.78, 5) is 27.1. The summed E-state index contributed by atoms with van der Waals surface area (Å²) in [5.41, 5.74) is 2.19. The van der Waals surface area contributed by atoms with Crippen molar-refractivity contribution in [3.05, 3.63) is 35.1 Å². The number of rotatable bonds is 9. The molecule has 0 bridgehead atoms. The molecule has 2 saturated carbocycles. The highest BCUT2D eigenvalue weighted by atomic mass is 32.2. The SMILES string of the molecule is Cc1nc(C(C)(ONC(=O)c2ccc(C3CC3)c(S(=O)(=O)CC(C)C)n2)C2CC2)no1. The largest absolute Gasteiger partial charge is 0.340 e. The minimum absolute atomic E-state index is 0.00540. The molecule has 0 saturated heterocycles. The normalized spacial score (nSPS) is 18.7. The third-order valence-corrected chi connectivity index (χ3v) is 7.69. The van der Waals surface area contributed by atoms with Gasteiger partial charge in [0, 0.05) is 6.92 Å². The van der Waals surface area contributed by atoms with E-state index in [1.165, 1.54) is 0 Å². The lowest BCUT2D eigenvalue weighted by atomic mass is 10.00. The van der Waals surface area contributed by atoms with Crippen LogP contribution in [0.25, 0.3) is 0 Å². The van der Waals surface area contributed by atoms with E-state index in [0.29, 0.717) is 17.3 Å². The van der Waals surface area contributed by atoms with Gasteiger partial charge in [0.15, 0.2) is 20.5 Å². The van der Waals surface area contributed by atoms with E-state index in [0.717, 1.165) is 25.7 Å². The minimum atomic E-state index is -3.60. The Morgan fingerprint density at radius 2 is 1.97 bits per heavy atom. The first-order valence-corrected chi connectivity index (χ1v) is 12.3. The van der Waals surface area contributed by atoms with Crippen LogP contribution in [0.2, 0.25) is 0 Å². The van der Waals surface area contributed by atoms with Gasteiger partial charge in [0.25, 0.3) is 5.91 Å². The number of nitrogens with zero attached hydrogens (tertiary/aromatic N) is 3. The monoisotopic (exact) mass is 448 g/mol. The van der Waals surface area contributed by atoms with Crippen molar-refractivity contribution in [1.82, 2.24) is 20.6 Å². The Kier molecular flexibility index (Phi) is 5.63. The number of nitrogens with one attached hydrogen (secondary N) is 1. The summed E-state index contributed by atoms with van der Waals surface area (Å²) in [6, 6.07) is 3.25. The van der Waals surface area contributed by atoms with Crippen molar-refractivity contribution in [2.45, 2.75) is 69.9 Å². The molecule has 1 atom stereocenters. The van der Waals surface area contributed by atoms with E-state index in [2.05, 4.69) is 20.6 Å². The Morgan fingerprint density at radius 3 is 2.52 bits per heavy atom. The van der Waals surface area contributed by atoms with Crippen LogP contribution < -0.4 is 5.48 Å². The average molecular weight is 449 g/mol. The van der Waals surface area contributed by atoms with E-state index in [9.17, 15) is 13.2 Å². The first-order chi connectivity index (χ1) is 14.6. The Bertz CT molecular complexity index is 1090. The van der Waals surface area contributed by atoms with Crippen molar-refractivity contribution < 1.29 is 22.6 Å². The van der Waals surface area contributed by atoms with Crippen LogP contribution in [0, 0.1) is 18.8 Å². The summed E-state index contributed by atoms with van der Waals surface area (Å²) in [7, 11) is -3.60. The van der Waals surface area contributed by atoms with Crippen LogP contribution in [0.5, 0.6) is 0 Å². The van der Waals surface area contributed by atoms with Crippen molar-refractivity contribution in [2.75, 3.05) is 5.75 Å². The molecule has 31 heavy (non-hydrogen) atoms. The van der Waals surface area contributed by atoms with Crippen molar-refractivity contribution in [2.24, 2.45) is 11.8 Å². The molecule has 0 aliphatic heterocycles. The second-order valence-corrected chi connectivity index (χ2v) is 11.0. The molecule has 2 aromatic heterocycles. The summed E-state index contributed by atoms with van der Waals surface area (Å²) in [5.74, 6) is 0.444. The molecule has 2 aromatic rings. The lowest BCUT2D eigenvalue weighted by Crippen LogP contribution is -2.39. The quantitative estimate of drug-likeness (QED) is 0.580. The lowest BCUT2D eigenvalue weighted by molar-refractivity contribution is -0.107.